The Balaban J connectivity index is 1.48. The molecule has 154 valence electrons. The normalized spacial score (nSPS) is 19.7. The van der Waals surface area contributed by atoms with Crippen molar-refractivity contribution in [3.05, 3.63) is 72.3 Å². The maximum atomic E-state index is 13.5. The molecule has 3 aromatic carbocycles. The fourth-order valence-corrected chi connectivity index (χ4v) is 6.37. The van der Waals surface area contributed by atoms with Crippen LogP contribution in [0, 0.1) is 0 Å². The predicted octanol–water partition coefficient (Wildman–Crippen LogP) is 3.97. The zero-order valence-corrected chi connectivity index (χ0v) is 17.5. The Morgan fingerprint density at radius 1 is 0.867 bits per heavy atom. The van der Waals surface area contributed by atoms with E-state index in [9.17, 15) is 13.2 Å². The number of hydrogen-bond acceptors (Lipinski definition) is 3. The third-order valence-electron chi connectivity index (χ3n) is 6.19. The molecule has 0 aromatic heterocycles. The van der Waals surface area contributed by atoms with Crippen LogP contribution in [0.5, 0.6) is 0 Å². The summed E-state index contributed by atoms with van der Waals surface area (Å²) in [5.41, 5.74) is 2.07. The molecule has 0 spiro atoms. The van der Waals surface area contributed by atoms with E-state index in [-0.39, 0.29) is 10.8 Å². The topological polar surface area (TPSA) is 57.7 Å². The van der Waals surface area contributed by atoms with Gasteiger partial charge in [0.15, 0.2) is 0 Å². The van der Waals surface area contributed by atoms with Gasteiger partial charge in [0.25, 0.3) is 0 Å². The molecule has 1 saturated heterocycles. The van der Waals surface area contributed by atoms with Gasteiger partial charge in [-0.2, -0.15) is 4.31 Å². The van der Waals surface area contributed by atoms with E-state index in [1.807, 2.05) is 54.6 Å². The number of anilines is 1. The first-order chi connectivity index (χ1) is 14.6. The molecule has 2 aliphatic rings. The van der Waals surface area contributed by atoms with Crippen molar-refractivity contribution in [2.24, 2.45) is 0 Å². The van der Waals surface area contributed by atoms with E-state index in [1.165, 1.54) is 4.31 Å². The Bertz CT molecular complexity index is 1220. The quantitative estimate of drug-likeness (QED) is 0.644. The number of para-hydroxylation sites is 1. The molecule has 30 heavy (non-hydrogen) atoms. The summed E-state index contributed by atoms with van der Waals surface area (Å²) in [6.07, 6.45) is 3.10. The van der Waals surface area contributed by atoms with Gasteiger partial charge in [0.05, 0.1) is 4.90 Å². The molecule has 1 amide bonds. The van der Waals surface area contributed by atoms with Crippen LogP contribution in [0.15, 0.2) is 71.6 Å². The van der Waals surface area contributed by atoms with Crippen LogP contribution in [0.1, 0.15) is 24.8 Å². The molecule has 0 aliphatic carbocycles. The van der Waals surface area contributed by atoms with Crippen molar-refractivity contribution in [1.29, 1.82) is 0 Å². The molecule has 0 unspecified atom stereocenters. The summed E-state index contributed by atoms with van der Waals surface area (Å²) in [6, 6.07) is 20.2. The van der Waals surface area contributed by atoms with Gasteiger partial charge in [-0.3, -0.25) is 4.79 Å². The zero-order valence-electron chi connectivity index (χ0n) is 16.7. The van der Waals surface area contributed by atoms with E-state index in [1.54, 1.807) is 17.0 Å². The van der Waals surface area contributed by atoms with E-state index in [0.29, 0.717) is 25.9 Å². The van der Waals surface area contributed by atoms with Crippen molar-refractivity contribution in [3.63, 3.8) is 0 Å². The lowest BCUT2D eigenvalue weighted by Crippen LogP contribution is -2.49. The van der Waals surface area contributed by atoms with Crippen LogP contribution in [0.3, 0.4) is 0 Å². The Labute approximate surface area is 177 Å². The molecule has 0 radical (unpaired) electrons. The van der Waals surface area contributed by atoms with Gasteiger partial charge in [-0.15, -0.1) is 0 Å². The van der Waals surface area contributed by atoms with Crippen LogP contribution in [0.2, 0.25) is 0 Å². The highest BCUT2D eigenvalue weighted by molar-refractivity contribution is 7.89. The number of amides is 1. The lowest BCUT2D eigenvalue weighted by atomic mass is 10.0. The molecule has 5 rings (SSSR count). The summed E-state index contributed by atoms with van der Waals surface area (Å²) < 4.78 is 28.4. The Morgan fingerprint density at radius 2 is 1.63 bits per heavy atom. The second-order valence-corrected chi connectivity index (χ2v) is 9.90. The summed E-state index contributed by atoms with van der Waals surface area (Å²) in [7, 11) is -3.75. The summed E-state index contributed by atoms with van der Waals surface area (Å²) in [6.45, 7) is 1.01. The van der Waals surface area contributed by atoms with Gasteiger partial charge in [0.2, 0.25) is 15.9 Å². The minimum absolute atomic E-state index is 0.107. The second-order valence-electron chi connectivity index (χ2n) is 8.00. The standard InChI is InChI=1S/C24H24N2O3S/c27-24(25-15-5-10-19-8-3-4-11-22(19)25)23-12-6-16-26(23)30(28,29)21-14-13-18-7-1-2-9-20(18)17-21/h1-4,7-9,11,13-14,17,23H,5-6,10,12,15-16H2/t23-/m0/s1. The molecule has 2 aliphatic heterocycles. The number of carbonyl (C=O) groups is 1. The molecule has 0 bridgehead atoms. The van der Waals surface area contributed by atoms with Crippen LogP contribution < -0.4 is 4.90 Å². The number of benzene rings is 3. The van der Waals surface area contributed by atoms with Gasteiger partial charge in [-0.05, 0) is 60.2 Å². The number of nitrogens with zero attached hydrogens (tertiary/aromatic N) is 2. The largest absolute Gasteiger partial charge is 0.311 e. The predicted molar refractivity (Wildman–Crippen MR) is 118 cm³/mol. The smallest absolute Gasteiger partial charge is 0.245 e. The first kappa shape index (κ1) is 19.3. The van der Waals surface area contributed by atoms with E-state index >= 15 is 0 Å². The van der Waals surface area contributed by atoms with Crippen LogP contribution in [0.25, 0.3) is 10.8 Å². The third kappa shape index (κ3) is 3.20. The van der Waals surface area contributed by atoms with Gasteiger partial charge in [-0.25, -0.2) is 8.42 Å². The van der Waals surface area contributed by atoms with Crippen LogP contribution in [-0.4, -0.2) is 37.8 Å². The van der Waals surface area contributed by atoms with Gasteiger partial charge in [-0.1, -0.05) is 48.5 Å². The minimum Gasteiger partial charge on any atom is -0.311 e. The van der Waals surface area contributed by atoms with Crippen molar-refractivity contribution in [1.82, 2.24) is 4.31 Å². The number of sulfonamides is 1. The van der Waals surface area contributed by atoms with Gasteiger partial charge in [0, 0.05) is 18.8 Å². The lowest BCUT2D eigenvalue weighted by Gasteiger charge is -2.33. The summed E-state index contributed by atoms with van der Waals surface area (Å²) >= 11 is 0. The lowest BCUT2D eigenvalue weighted by molar-refractivity contribution is -0.121. The van der Waals surface area contributed by atoms with Crippen LogP contribution in [-0.2, 0) is 21.2 Å². The van der Waals surface area contributed by atoms with E-state index in [4.69, 9.17) is 0 Å². The van der Waals surface area contributed by atoms with Gasteiger partial charge < -0.3 is 4.90 Å². The molecular formula is C24H24N2O3S. The maximum Gasteiger partial charge on any atom is 0.245 e. The van der Waals surface area contributed by atoms with Crippen molar-refractivity contribution < 1.29 is 13.2 Å². The van der Waals surface area contributed by atoms with Crippen molar-refractivity contribution in [2.75, 3.05) is 18.0 Å². The van der Waals surface area contributed by atoms with E-state index < -0.39 is 16.1 Å². The maximum absolute atomic E-state index is 13.5. The van der Waals surface area contributed by atoms with E-state index in [2.05, 4.69) is 0 Å². The third-order valence-corrected chi connectivity index (χ3v) is 8.10. The average Bonchev–Trinajstić information content (AvgIpc) is 3.29. The first-order valence-electron chi connectivity index (χ1n) is 10.5. The highest BCUT2D eigenvalue weighted by Crippen LogP contribution is 2.33. The highest BCUT2D eigenvalue weighted by Gasteiger charge is 2.42. The second kappa shape index (κ2) is 7.52. The van der Waals surface area contributed by atoms with Crippen molar-refractivity contribution in [3.8, 4) is 0 Å². The molecule has 1 atom stereocenters. The summed E-state index contributed by atoms with van der Waals surface area (Å²) in [5.74, 6) is -0.107. The van der Waals surface area contributed by atoms with Crippen molar-refractivity contribution in [2.45, 2.75) is 36.6 Å². The molecule has 0 N–H and O–H groups in total. The molecule has 6 heteroatoms. The van der Waals surface area contributed by atoms with Crippen LogP contribution in [0.4, 0.5) is 5.69 Å². The van der Waals surface area contributed by atoms with E-state index in [0.717, 1.165) is 34.9 Å². The Morgan fingerprint density at radius 3 is 2.50 bits per heavy atom. The minimum atomic E-state index is -3.75. The number of aryl methyl sites for hydroxylation is 1. The number of fused-ring (bicyclic) bond motifs is 2. The first-order valence-corrected chi connectivity index (χ1v) is 11.9. The fourth-order valence-electron chi connectivity index (χ4n) is 4.68. The summed E-state index contributed by atoms with van der Waals surface area (Å²) in [4.78, 5) is 15.5. The molecule has 0 saturated carbocycles. The zero-order chi connectivity index (χ0) is 20.7. The molecule has 2 heterocycles. The number of rotatable bonds is 3. The highest BCUT2D eigenvalue weighted by atomic mass is 32.2. The Kier molecular flexibility index (Phi) is 4.83. The Hall–Kier alpha value is -2.70. The SMILES string of the molecule is O=C([C@@H]1CCCN1S(=O)(=O)c1ccc2ccccc2c1)N1CCCc2ccccc21. The van der Waals surface area contributed by atoms with Gasteiger partial charge >= 0.3 is 0 Å². The monoisotopic (exact) mass is 420 g/mol. The fraction of sp³-hybridized carbons (Fsp3) is 0.292. The van der Waals surface area contributed by atoms with Crippen molar-refractivity contribution >= 4 is 32.4 Å². The average molecular weight is 421 g/mol. The molecular weight excluding hydrogens is 396 g/mol. The summed E-state index contributed by atoms with van der Waals surface area (Å²) in [5, 5.41) is 1.88. The number of hydrogen-bond donors (Lipinski definition) is 0. The van der Waals surface area contributed by atoms with Gasteiger partial charge in [0.1, 0.15) is 6.04 Å². The molecule has 1 fully saturated rings. The molecule has 3 aromatic rings. The molecule has 5 nitrogen and oxygen atoms in total. The van der Waals surface area contributed by atoms with Crippen LogP contribution >= 0.6 is 0 Å². The number of carbonyl (C=O) groups excluding carboxylic acids is 1.